The molecule has 0 aliphatic rings. The van der Waals surface area contributed by atoms with E-state index in [1.165, 1.54) is 0 Å². The van der Waals surface area contributed by atoms with Crippen molar-refractivity contribution >= 4 is 14.6 Å². The first-order valence-electron chi connectivity index (χ1n) is 7.10. The predicted molar refractivity (Wildman–Crippen MR) is 86.9 cm³/mol. The lowest BCUT2D eigenvalue weighted by molar-refractivity contribution is -0.109. The molecule has 1 rings (SSSR count). The van der Waals surface area contributed by atoms with Crippen LogP contribution >= 0.6 is 0 Å². The monoisotopic (exact) mass is 293 g/mol. The van der Waals surface area contributed by atoms with E-state index in [9.17, 15) is 4.79 Å². The normalized spacial score (nSPS) is 13.9. The molecule has 0 aliphatic carbocycles. The molecule has 0 bridgehead atoms. The first kappa shape index (κ1) is 16.9. The highest BCUT2D eigenvalue weighted by atomic mass is 28.4. The van der Waals surface area contributed by atoms with Crippen molar-refractivity contribution in [3.8, 4) is 5.75 Å². The lowest BCUT2D eigenvalue weighted by atomic mass is 10.1. The van der Waals surface area contributed by atoms with Gasteiger partial charge in [0.05, 0.1) is 6.04 Å². The molecule has 1 unspecified atom stereocenters. The molecule has 0 saturated heterocycles. The SMILES string of the molecule is CNC(C=O)Cc1ccc(O[Si](C)(C)C(C)(C)C)cc1. The number of likely N-dealkylation sites (N-methyl/N-ethyl adjacent to an activating group) is 1. The van der Waals surface area contributed by atoms with E-state index < -0.39 is 8.32 Å². The molecule has 1 atom stereocenters. The molecule has 0 aliphatic heterocycles. The summed E-state index contributed by atoms with van der Waals surface area (Å²) in [4.78, 5) is 10.8. The number of benzene rings is 1. The lowest BCUT2D eigenvalue weighted by Gasteiger charge is -2.36. The van der Waals surface area contributed by atoms with Crippen molar-refractivity contribution in [1.29, 1.82) is 0 Å². The van der Waals surface area contributed by atoms with Gasteiger partial charge >= 0.3 is 0 Å². The fourth-order valence-electron chi connectivity index (χ4n) is 1.61. The van der Waals surface area contributed by atoms with E-state index in [0.29, 0.717) is 6.42 Å². The van der Waals surface area contributed by atoms with Gasteiger partial charge in [0.2, 0.25) is 8.32 Å². The minimum absolute atomic E-state index is 0.123. The summed E-state index contributed by atoms with van der Waals surface area (Å²) in [6.07, 6.45) is 1.65. The van der Waals surface area contributed by atoms with Crippen LogP contribution in [-0.2, 0) is 11.2 Å². The quantitative estimate of drug-likeness (QED) is 0.645. The summed E-state index contributed by atoms with van der Waals surface area (Å²) in [6, 6.07) is 7.97. The van der Waals surface area contributed by atoms with Gasteiger partial charge in [-0.15, -0.1) is 0 Å². The van der Waals surface area contributed by atoms with Crippen molar-refractivity contribution in [2.45, 2.75) is 51.4 Å². The van der Waals surface area contributed by atoms with E-state index >= 15 is 0 Å². The van der Waals surface area contributed by atoms with Crippen LogP contribution in [0.15, 0.2) is 24.3 Å². The van der Waals surface area contributed by atoms with Gasteiger partial charge in [0.25, 0.3) is 0 Å². The van der Waals surface area contributed by atoms with Gasteiger partial charge in [0.15, 0.2) is 0 Å². The first-order valence-corrected chi connectivity index (χ1v) is 10.0. The van der Waals surface area contributed by atoms with Gasteiger partial charge in [-0.25, -0.2) is 0 Å². The number of nitrogens with one attached hydrogen (secondary N) is 1. The van der Waals surface area contributed by atoms with Crippen LogP contribution in [0, 0.1) is 0 Å². The number of carbonyl (C=O) groups is 1. The van der Waals surface area contributed by atoms with Gasteiger partial charge in [-0.05, 0) is 49.3 Å². The third-order valence-electron chi connectivity index (χ3n) is 4.09. The molecule has 0 amide bonds. The molecule has 0 aromatic heterocycles. The summed E-state index contributed by atoms with van der Waals surface area (Å²) in [5.41, 5.74) is 1.14. The van der Waals surface area contributed by atoms with E-state index in [0.717, 1.165) is 17.6 Å². The maximum absolute atomic E-state index is 10.8. The molecular weight excluding hydrogens is 266 g/mol. The third-order valence-corrected chi connectivity index (χ3v) is 8.45. The van der Waals surface area contributed by atoms with Gasteiger partial charge in [-0.1, -0.05) is 32.9 Å². The number of rotatable bonds is 6. The van der Waals surface area contributed by atoms with E-state index in [4.69, 9.17) is 4.43 Å². The van der Waals surface area contributed by atoms with Crippen LogP contribution in [0.2, 0.25) is 18.1 Å². The van der Waals surface area contributed by atoms with E-state index in [1.807, 2.05) is 24.3 Å². The zero-order valence-corrected chi connectivity index (χ0v) is 14.5. The minimum Gasteiger partial charge on any atom is -0.544 e. The molecule has 112 valence electrons. The van der Waals surface area contributed by atoms with Crippen LogP contribution in [0.25, 0.3) is 0 Å². The molecule has 0 spiro atoms. The van der Waals surface area contributed by atoms with Gasteiger partial charge in [-0.2, -0.15) is 0 Å². The molecule has 0 heterocycles. The van der Waals surface area contributed by atoms with Crippen molar-refractivity contribution in [2.24, 2.45) is 0 Å². The smallest absolute Gasteiger partial charge is 0.250 e. The lowest BCUT2D eigenvalue weighted by Crippen LogP contribution is -2.43. The first-order chi connectivity index (χ1) is 9.19. The van der Waals surface area contributed by atoms with Gasteiger partial charge in [0.1, 0.15) is 12.0 Å². The second kappa shape index (κ2) is 6.55. The summed E-state index contributed by atoms with van der Waals surface area (Å²) >= 11 is 0. The van der Waals surface area contributed by atoms with Crippen LogP contribution in [0.1, 0.15) is 26.3 Å². The van der Waals surface area contributed by atoms with E-state index in [-0.39, 0.29) is 11.1 Å². The standard InChI is InChI=1S/C16H27NO2Si/c1-16(2,3)20(5,6)19-15-9-7-13(8-10-15)11-14(12-18)17-4/h7-10,12,14,17H,11H2,1-6H3. The van der Waals surface area contributed by atoms with Crippen molar-refractivity contribution in [1.82, 2.24) is 5.32 Å². The molecule has 1 aromatic rings. The molecule has 0 saturated carbocycles. The number of aldehydes is 1. The number of carbonyl (C=O) groups excluding carboxylic acids is 1. The Morgan fingerprint density at radius 3 is 2.20 bits per heavy atom. The average molecular weight is 293 g/mol. The topological polar surface area (TPSA) is 38.3 Å². The van der Waals surface area contributed by atoms with Crippen LogP contribution in [-0.4, -0.2) is 27.7 Å². The molecule has 20 heavy (non-hydrogen) atoms. The van der Waals surface area contributed by atoms with Crippen LogP contribution in [0.4, 0.5) is 0 Å². The summed E-state index contributed by atoms with van der Waals surface area (Å²) in [6.45, 7) is 11.2. The van der Waals surface area contributed by atoms with Crippen molar-refractivity contribution in [3.63, 3.8) is 0 Å². The Kier molecular flexibility index (Phi) is 5.54. The Morgan fingerprint density at radius 2 is 1.80 bits per heavy atom. The van der Waals surface area contributed by atoms with Crippen molar-refractivity contribution in [3.05, 3.63) is 29.8 Å². The summed E-state index contributed by atoms with van der Waals surface area (Å²) in [5.74, 6) is 0.924. The van der Waals surface area contributed by atoms with Gasteiger partial charge in [0, 0.05) is 0 Å². The third kappa shape index (κ3) is 4.46. The highest BCUT2D eigenvalue weighted by molar-refractivity contribution is 6.74. The molecule has 1 N–H and O–H groups in total. The van der Waals surface area contributed by atoms with E-state index in [2.05, 4.69) is 39.2 Å². The maximum Gasteiger partial charge on any atom is 0.250 e. The highest BCUT2D eigenvalue weighted by Gasteiger charge is 2.38. The average Bonchev–Trinajstić information content (AvgIpc) is 2.36. The molecule has 4 heteroatoms. The molecule has 1 aromatic carbocycles. The highest BCUT2D eigenvalue weighted by Crippen LogP contribution is 2.37. The fraction of sp³-hybridized carbons (Fsp3) is 0.562. The predicted octanol–water partition coefficient (Wildman–Crippen LogP) is 3.40. The zero-order valence-electron chi connectivity index (χ0n) is 13.5. The maximum atomic E-state index is 10.8. The zero-order chi connectivity index (χ0) is 15.4. The Labute approximate surface area is 123 Å². The van der Waals surface area contributed by atoms with Crippen LogP contribution in [0.5, 0.6) is 5.75 Å². The minimum atomic E-state index is -1.78. The fourth-order valence-corrected chi connectivity index (χ4v) is 2.64. The van der Waals surface area contributed by atoms with Crippen molar-refractivity contribution in [2.75, 3.05) is 7.05 Å². The van der Waals surface area contributed by atoms with Crippen LogP contribution in [0.3, 0.4) is 0 Å². The van der Waals surface area contributed by atoms with Crippen LogP contribution < -0.4 is 9.74 Å². The summed E-state index contributed by atoms with van der Waals surface area (Å²) in [7, 11) is 0.0222. The second-order valence-electron chi connectivity index (χ2n) is 6.74. The largest absolute Gasteiger partial charge is 0.544 e. The Bertz CT molecular complexity index is 435. The van der Waals surface area contributed by atoms with E-state index in [1.54, 1.807) is 7.05 Å². The second-order valence-corrected chi connectivity index (χ2v) is 11.5. The molecule has 0 fully saturated rings. The number of hydrogen-bond acceptors (Lipinski definition) is 3. The van der Waals surface area contributed by atoms with Crippen molar-refractivity contribution < 1.29 is 9.22 Å². The molecule has 0 radical (unpaired) electrons. The summed E-state index contributed by atoms with van der Waals surface area (Å²) in [5, 5.41) is 3.18. The molecular formula is C16H27NO2Si. The Balaban J connectivity index is 2.75. The number of hydrogen-bond donors (Lipinski definition) is 1. The summed E-state index contributed by atoms with van der Waals surface area (Å²) < 4.78 is 6.23. The Morgan fingerprint density at radius 1 is 1.25 bits per heavy atom. The van der Waals surface area contributed by atoms with Gasteiger partial charge in [-0.3, -0.25) is 0 Å². The van der Waals surface area contributed by atoms with Gasteiger partial charge < -0.3 is 14.5 Å². The molecule has 3 nitrogen and oxygen atoms in total. The Hall–Kier alpha value is -1.13.